The summed E-state index contributed by atoms with van der Waals surface area (Å²) >= 11 is 6.33. The van der Waals surface area contributed by atoms with E-state index < -0.39 is 5.41 Å². The predicted molar refractivity (Wildman–Crippen MR) is 113 cm³/mol. The van der Waals surface area contributed by atoms with Crippen molar-refractivity contribution in [2.45, 2.75) is 44.4 Å². The average molecular weight is 402 g/mol. The lowest BCUT2D eigenvalue weighted by Gasteiger charge is -2.36. The molecule has 1 N–H and O–H groups in total. The Kier molecular flexibility index (Phi) is 6.97. The summed E-state index contributed by atoms with van der Waals surface area (Å²) in [7, 11) is 1.62. The Balaban J connectivity index is 1.79. The third kappa shape index (κ3) is 4.68. The van der Waals surface area contributed by atoms with E-state index in [9.17, 15) is 4.79 Å². The second-order valence-corrected chi connectivity index (χ2v) is 7.86. The lowest BCUT2D eigenvalue weighted by molar-refractivity contribution is -0.122. The van der Waals surface area contributed by atoms with Gasteiger partial charge in [0.2, 0.25) is 5.91 Å². The summed E-state index contributed by atoms with van der Waals surface area (Å²) in [5.41, 5.74) is 2.50. The highest BCUT2D eigenvalue weighted by atomic mass is 35.5. The minimum absolute atomic E-state index is 0.0418. The Morgan fingerprint density at radius 2 is 1.79 bits per heavy atom. The van der Waals surface area contributed by atoms with Gasteiger partial charge in [0.05, 0.1) is 17.0 Å². The first-order valence-electron chi connectivity index (χ1n) is 9.85. The molecule has 1 saturated carbocycles. The standard InChI is InChI=1S/C23H28ClNO3/c1-17-6-8-18(9-7-17)23(12-4-3-5-13-23)22(26)25-19-10-11-21(20(24)16-19)28-15-14-27-2/h6-11,16H,3-5,12-15H2,1-2H3,(H,25,26). The molecule has 150 valence electrons. The quantitative estimate of drug-likeness (QED) is 0.622. The van der Waals surface area contributed by atoms with Gasteiger partial charge >= 0.3 is 0 Å². The first-order chi connectivity index (χ1) is 13.5. The lowest BCUT2D eigenvalue weighted by Crippen LogP contribution is -2.42. The fourth-order valence-electron chi connectivity index (χ4n) is 3.86. The van der Waals surface area contributed by atoms with Crippen LogP contribution in [0.2, 0.25) is 5.02 Å². The number of ether oxygens (including phenoxy) is 2. The van der Waals surface area contributed by atoms with Crippen molar-refractivity contribution in [3.8, 4) is 5.75 Å². The minimum atomic E-state index is -0.480. The van der Waals surface area contributed by atoms with Crippen LogP contribution in [0.1, 0.15) is 43.2 Å². The number of methoxy groups -OCH3 is 1. The second-order valence-electron chi connectivity index (χ2n) is 7.45. The summed E-state index contributed by atoms with van der Waals surface area (Å²) in [5, 5.41) is 3.57. The molecule has 0 bridgehead atoms. The van der Waals surface area contributed by atoms with Gasteiger partial charge in [-0.1, -0.05) is 60.7 Å². The molecule has 1 amide bonds. The van der Waals surface area contributed by atoms with Crippen LogP contribution in [-0.4, -0.2) is 26.2 Å². The summed E-state index contributed by atoms with van der Waals surface area (Å²) in [6.45, 7) is 2.99. The van der Waals surface area contributed by atoms with Crippen LogP contribution in [0.25, 0.3) is 0 Å². The van der Waals surface area contributed by atoms with Gasteiger partial charge in [-0.05, 0) is 43.5 Å². The Morgan fingerprint density at radius 3 is 2.43 bits per heavy atom. The maximum absolute atomic E-state index is 13.4. The van der Waals surface area contributed by atoms with E-state index in [0.717, 1.165) is 31.2 Å². The highest BCUT2D eigenvalue weighted by Gasteiger charge is 2.41. The fourth-order valence-corrected chi connectivity index (χ4v) is 4.09. The Bertz CT molecular complexity index is 798. The average Bonchev–Trinajstić information content (AvgIpc) is 2.71. The first kappa shape index (κ1) is 20.7. The Morgan fingerprint density at radius 1 is 1.07 bits per heavy atom. The van der Waals surface area contributed by atoms with Crippen molar-refractivity contribution in [3.63, 3.8) is 0 Å². The maximum Gasteiger partial charge on any atom is 0.235 e. The smallest absolute Gasteiger partial charge is 0.235 e. The molecule has 3 rings (SSSR count). The van der Waals surface area contributed by atoms with Crippen molar-refractivity contribution in [2.24, 2.45) is 0 Å². The number of benzene rings is 2. The van der Waals surface area contributed by atoms with Gasteiger partial charge in [-0.3, -0.25) is 4.79 Å². The number of amides is 1. The van der Waals surface area contributed by atoms with Gasteiger partial charge in [0, 0.05) is 12.8 Å². The summed E-state index contributed by atoms with van der Waals surface area (Å²) in [4.78, 5) is 13.4. The number of hydrogen-bond acceptors (Lipinski definition) is 3. The number of carbonyl (C=O) groups excluding carboxylic acids is 1. The van der Waals surface area contributed by atoms with E-state index in [-0.39, 0.29) is 5.91 Å². The number of anilines is 1. The second kappa shape index (κ2) is 9.44. The number of hydrogen-bond donors (Lipinski definition) is 1. The zero-order valence-electron chi connectivity index (χ0n) is 16.6. The largest absolute Gasteiger partial charge is 0.490 e. The van der Waals surface area contributed by atoms with Gasteiger partial charge in [0.15, 0.2) is 0 Å². The van der Waals surface area contributed by atoms with E-state index in [2.05, 4.69) is 36.5 Å². The highest BCUT2D eigenvalue weighted by Crippen LogP contribution is 2.41. The van der Waals surface area contributed by atoms with Crippen molar-refractivity contribution >= 4 is 23.2 Å². The van der Waals surface area contributed by atoms with Crippen LogP contribution in [0.15, 0.2) is 42.5 Å². The first-order valence-corrected chi connectivity index (χ1v) is 10.2. The third-order valence-electron chi connectivity index (χ3n) is 5.48. The lowest BCUT2D eigenvalue weighted by atomic mass is 9.68. The van der Waals surface area contributed by atoms with Crippen LogP contribution < -0.4 is 10.1 Å². The summed E-state index contributed by atoms with van der Waals surface area (Å²) < 4.78 is 10.6. The van der Waals surface area contributed by atoms with E-state index in [1.807, 2.05) is 6.07 Å². The van der Waals surface area contributed by atoms with Gasteiger partial charge in [0.1, 0.15) is 12.4 Å². The molecule has 5 heteroatoms. The van der Waals surface area contributed by atoms with E-state index in [1.54, 1.807) is 19.2 Å². The molecule has 2 aromatic carbocycles. The van der Waals surface area contributed by atoms with Crippen molar-refractivity contribution in [1.29, 1.82) is 0 Å². The van der Waals surface area contributed by atoms with Crippen molar-refractivity contribution in [1.82, 2.24) is 0 Å². The van der Waals surface area contributed by atoms with E-state index in [0.29, 0.717) is 29.7 Å². The van der Waals surface area contributed by atoms with E-state index in [1.165, 1.54) is 12.0 Å². The van der Waals surface area contributed by atoms with Gasteiger partial charge < -0.3 is 14.8 Å². The molecular formula is C23H28ClNO3. The predicted octanol–water partition coefficient (Wildman–Crippen LogP) is 5.51. The van der Waals surface area contributed by atoms with Crippen LogP contribution >= 0.6 is 11.6 Å². The molecular weight excluding hydrogens is 374 g/mol. The molecule has 0 spiro atoms. The van der Waals surface area contributed by atoms with Gasteiger partial charge in [-0.15, -0.1) is 0 Å². The highest BCUT2D eigenvalue weighted by molar-refractivity contribution is 6.32. The van der Waals surface area contributed by atoms with Gasteiger partial charge in [-0.2, -0.15) is 0 Å². The molecule has 28 heavy (non-hydrogen) atoms. The van der Waals surface area contributed by atoms with Crippen molar-refractivity contribution < 1.29 is 14.3 Å². The zero-order chi connectivity index (χ0) is 20.0. The SMILES string of the molecule is COCCOc1ccc(NC(=O)C2(c3ccc(C)cc3)CCCCC2)cc1Cl. The molecule has 0 saturated heterocycles. The van der Waals surface area contributed by atoms with Crippen molar-refractivity contribution in [2.75, 3.05) is 25.6 Å². The molecule has 1 aliphatic carbocycles. The van der Waals surface area contributed by atoms with E-state index in [4.69, 9.17) is 21.1 Å². The zero-order valence-corrected chi connectivity index (χ0v) is 17.3. The molecule has 0 aliphatic heterocycles. The van der Waals surface area contributed by atoms with Crippen LogP contribution in [0, 0.1) is 6.92 Å². The van der Waals surface area contributed by atoms with Crippen LogP contribution in [0.5, 0.6) is 5.75 Å². The Labute approximate surface area is 172 Å². The van der Waals surface area contributed by atoms with Gasteiger partial charge in [0.25, 0.3) is 0 Å². The van der Waals surface area contributed by atoms with Crippen molar-refractivity contribution in [3.05, 3.63) is 58.6 Å². The van der Waals surface area contributed by atoms with Crippen LogP contribution in [0.3, 0.4) is 0 Å². The summed E-state index contributed by atoms with van der Waals surface area (Å²) in [6, 6.07) is 13.7. The van der Waals surface area contributed by atoms with Gasteiger partial charge in [-0.25, -0.2) is 0 Å². The molecule has 1 aliphatic rings. The number of rotatable bonds is 7. The molecule has 4 nitrogen and oxygen atoms in total. The molecule has 0 aromatic heterocycles. The minimum Gasteiger partial charge on any atom is -0.490 e. The van der Waals surface area contributed by atoms with E-state index >= 15 is 0 Å². The molecule has 0 unspecified atom stereocenters. The molecule has 0 atom stereocenters. The number of aryl methyl sites for hydroxylation is 1. The third-order valence-corrected chi connectivity index (χ3v) is 5.78. The fraction of sp³-hybridized carbons (Fsp3) is 0.435. The monoisotopic (exact) mass is 401 g/mol. The molecule has 1 fully saturated rings. The molecule has 2 aromatic rings. The Hall–Kier alpha value is -2.04. The number of nitrogens with one attached hydrogen (secondary N) is 1. The molecule has 0 radical (unpaired) electrons. The number of halogens is 1. The normalized spacial score (nSPS) is 15.8. The topological polar surface area (TPSA) is 47.6 Å². The summed E-state index contributed by atoms with van der Waals surface area (Å²) in [6.07, 6.45) is 5.05. The summed E-state index contributed by atoms with van der Waals surface area (Å²) in [5.74, 6) is 0.628. The molecule has 0 heterocycles. The maximum atomic E-state index is 13.4. The number of carbonyl (C=O) groups is 1. The van der Waals surface area contributed by atoms with Crippen LogP contribution in [-0.2, 0) is 14.9 Å². The van der Waals surface area contributed by atoms with Crippen LogP contribution in [0.4, 0.5) is 5.69 Å².